The van der Waals surface area contributed by atoms with E-state index in [1.54, 1.807) is 16.8 Å². The third-order valence-electron chi connectivity index (χ3n) is 3.76. The third-order valence-corrected chi connectivity index (χ3v) is 3.76. The molecule has 3 aromatic rings. The number of benzene rings is 1. The Morgan fingerprint density at radius 1 is 1.27 bits per heavy atom. The number of fused-ring (bicyclic) bond motifs is 1. The number of carbonyl (C=O) groups excluding carboxylic acids is 1. The lowest BCUT2D eigenvalue weighted by Crippen LogP contribution is -2.13. The Labute approximate surface area is 127 Å². The van der Waals surface area contributed by atoms with Crippen molar-refractivity contribution in [3.05, 3.63) is 42.6 Å². The number of anilines is 2. The maximum absolute atomic E-state index is 11.9. The van der Waals surface area contributed by atoms with Crippen molar-refractivity contribution in [3.63, 3.8) is 0 Å². The fraction of sp³-hybridized carbons (Fsp3) is 0.188. The van der Waals surface area contributed by atoms with Crippen LogP contribution in [0.1, 0.15) is 12.8 Å². The van der Waals surface area contributed by atoms with Gasteiger partial charge in [-0.2, -0.15) is 0 Å². The van der Waals surface area contributed by atoms with E-state index in [-0.39, 0.29) is 11.8 Å². The van der Waals surface area contributed by atoms with E-state index in [1.807, 2.05) is 30.3 Å². The molecule has 0 spiro atoms. The first-order valence-electron chi connectivity index (χ1n) is 7.22. The van der Waals surface area contributed by atoms with Gasteiger partial charge in [0.2, 0.25) is 5.91 Å². The highest BCUT2D eigenvalue weighted by Crippen LogP contribution is 2.31. The summed E-state index contributed by atoms with van der Waals surface area (Å²) in [5.74, 6) is 0.712. The summed E-state index contributed by atoms with van der Waals surface area (Å²) in [6.07, 6.45) is 3.73. The standard InChI is InChI=1S/C16H15N5O/c17-14-6-7-15-18-9-13(21(15)20-14)11-2-1-3-12(8-11)19-16(22)10-4-5-10/h1-3,6-10H,4-5H2,(H2,17,20)(H,19,22). The van der Waals surface area contributed by atoms with Gasteiger partial charge in [0.25, 0.3) is 0 Å². The molecule has 1 amide bonds. The van der Waals surface area contributed by atoms with Gasteiger partial charge in [0, 0.05) is 17.2 Å². The van der Waals surface area contributed by atoms with Gasteiger partial charge in [-0.25, -0.2) is 9.50 Å². The molecule has 0 unspecified atom stereocenters. The normalized spacial score (nSPS) is 14.2. The first-order chi connectivity index (χ1) is 10.7. The topological polar surface area (TPSA) is 85.3 Å². The van der Waals surface area contributed by atoms with Gasteiger partial charge in [-0.1, -0.05) is 12.1 Å². The van der Waals surface area contributed by atoms with Crippen LogP contribution in [0.15, 0.2) is 42.6 Å². The molecule has 2 aromatic heterocycles. The second-order valence-corrected chi connectivity index (χ2v) is 5.52. The van der Waals surface area contributed by atoms with Crippen molar-refractivity contribution in [2.75, 3.05) is 11.1 Å². The Balaban J connectivity index is 1.71. The monoisotopic (exact) mass is 293 g/mol. The first-order valence-corrected chi connectivity index (χ1v) is 7.22. The molecule has 1 aromatic carbocycles. The number of hydrogen-bond donors (Lipinski definition) is 2. The van der Waals surface area contributed by atoms with Gasteiger partial charge < -0.3 is 11.1 Å². The zero-order valence-corrected chi connectivity index (χ0v) is 11.9. The zero-order valence-electron chi connectivity index (χ0n) is 11.9. The summed E-state index contributed by atoms with van der Waals surface area (Å²) in [4.78, 5) is 16.2. The van der Waals surface area contributed by atoms with Gasteiger partial charge in [-0.05, 0) is 37.1 Å². The number of nitrogens with zero attached hydrogens (tertiary/aromatic N) is 3. The van der Waals surface area contributed by atoms with E-state index in [0.29, 0.717) is 5.82 Å². The molecular weight excluding hydrogens is 278 g/mol. The second-order valence-electron chi connectivity index (χ2n) is 5.52. The number of hydrogen-bond acceptors (Lipinski definition) is 4. The average Bonchev–Trinajstić information content (AvgIpc) is 3.28. The quantitative estimate of drug-likeness (QED) is 0.776. The van der Waals surface area contributed by atoms with Crippen LogP contribution in [0.2, 0.25) is 0 Å². The Kier molecular flexibility index (Phi) is 2.82. The lowest BCUT2D eigenvalue weighted by Gasteiger charge is -2.07. The first kappa shape index (κ1) is 12.8. The van der Waals surface area contributed by atoms with E-state index in [1.165, 1.54) is 0 Å². The van der Waals surface area contributed by atoms with E-state index >= 15 is 0 Å². The van der Waals surface area contributed by atoms with Crippen LogP contribution in [-0.4, -0.2) is 20.5 Å². The van der Waals surface area contributed by atoms with Crippen molar-refractivity contribution in [2.45, 2.75) is 12.8 Å². The van der Waals surface area contributed by atoms with Gasteiger partial charge in [-0.3, -0.25) is 4.79 Å². The molecule has 0 saturated heterocycles. The fourth-order valence-electron chi connectivity index (χ4n) is 2.43. The minimum atomic E-state index is 0.0951. The summed E-state index contributed by atoms with van der Waals surface area (Å²) in [5, 5.41) is 7.24. The van der Waals surface area contributed by atoms with Crippen molar-refractivity contribution < 1.29 is 4.79 Å². The maximum Gasteiger partial charge on any atom is 0.227 e. The Hall–Kier alpha value is -2.89. The molecule has 6 nitrogen and oxygen atoms in total. The molecule has 110 valence electrons. The van der Waals surface area contributed by atoms with Crippen LogP contribution in [0.25, 0.3) is 16.9 Å². The van der Waals surface area contributed by atoms with Crippen LogP contribution in [0.5, 0.6) is 0 Å². The van der Waals surface area contributed by atoms with Crippen molar-refractivity contribution in [1.82, 2.24) is 14.6 Å². The van der Waals surface area contributed by atoms with Crippen molar-refractivity contribution in [1.29, 1.82) is 0 Å². The minimum absolute atomic E-state index is 0.0951. The van der Waals surface area contributed by atoms with Crippen molar-refractivity contribution in [3.8, 4) is 11.3 Å². The highest BCUT2D eigenvalue weighted by Gasteiger charge is 2.29. The summed E-state index contributed by atoms with van der Waals surface area (Å²) < 4.78 is 1.71. The molecule has 0 bridgehead atoms. The maximum atomic E-state index is 11.9. The van der Waals surface area contributed by atoms with Crippen LogP contribution in [0.4, 0.5) is 11.5 Å². The van der Waals surface area contributed by atoms with Crippen LogP contribution in [-0.2, 0) is 4.79 Å². The summed E-state index contributed by atoms with van der Waals surface area (Å²) in [6.45, 7) is 0. The molecule has 4 rings (SSSR count). The highest BCUT2D eigenvalue weighted by atomic mass is 16.2. The Bertz CT molecular complexity index is 866. The lowest BCUT2D eigenvalue weighted by atomic mass is 10.1. The predicted octanol–water partition coefficient (Wildman–Crippen LogP) is 2.33. The number of nitrogen functional groups attached to an aromatic ring is 1. The second kappa shape index (κ2) is 4.84. The van der Waals surface area contributed by atoms with Gasteiger partial charge in [-0.15, -0.1) is 5.10 Å². The van der Waals surface area contributed by atoms with Crippen LogP contribution in [0, 0.1) is 5.92 Å². The van der Waals surface area contributed by atoms with Crippen LogP contribution >= 0.6 is 0 Å². The number of aromatic nitrogens is 3. The van der Waals surface area contributed by atoms with Crippen LogP contribution < -0.4 is 11.1 Å². The number of nitrogens with two attached hydrogens (primary N) is 1. The Morgan fingerprint density at radius 2 is 2.14 bits per heavy atom. The number of amides is 1. The zero-order chi connectivity index (χ0) is 15.1. The number of imidazole rings is 1. The SMILES string of the molecule is Nc1ccc2ncc(-c3cccc(NC(=O)C4CC4)c3)n2n1. The van der Waals surface area contributed by atoms with Gasteiger partial charge >= 0.3 is 0 Å². The lowest BCUT2D eigenvalue weighted by molar-refractivity contribution is -0.117. The van der Waals surface area contributed by atoms with Crippen molar-refractivity contribution >= 4 is 23.1 Å². The minimum Gasteiger partial charge on any atom is -0.382 e. The van der Waals surface area contributed by atoms with E-state index in [9.17, 15) is 4.79 Å². The van der Waals surface area contributed by atoms with E-state index in [0.717, 1.165) is 35.4 Å². The molecule has 1 aliphatic rings. The van der Waals surface area contributed by atoms with Gasteiger partial charge in [0.05, 0.1) is 11.9 Å². The fourth-order valence-corrected chi connectivity index (χ4v) is 2.43. The van der Waals surface area contributed by atoms with Gasteiger partial charge in [0.1, 0.15) is 5.82 Å². The summed E-state index contributed by atoms with van der Waals surface area (Å²) in [6, 6.07) is 11.2. The van der Waals surface area contributed by atoms with Gasteiger partial charge in [0.15, 0.2) is 5.65 Å². The largest absolute Gasteiger partial charge is 0.382 e. The van der Waals surface area contributed by atoms with Crippen molar-refractivity contribution in [2.24, 2.45) is 5.92 Å². The average molecular weight is 293 g/mol. The molecule has 1 fully saturated rings. The van der Waals surface area contributed by atoms with E-state index in [2.05, 4.69) is 15.4 Å². The van der Waals surface area contributed by atoms with E-state index in [4.69, 9.17) is 5.73 Å². The van der Waals surface area contributed by atoms with Crippen LogP contribution in [0.3, 0.4) is 0 Å². The number of carbonyl (C=O) groups is 1. The molecule has 3 N–H and O–H groups in total. The number of rotatable bonds is 3. The molecule has 2 heterocycles. The van der Waals surface area contributed by atoms with E-state index < -0.39 is 0 Å². The molecule has 0 radical (unpaired) electrons. The number of nitrogens with one attached hydrogen (secondary N) is 1. The smallest absolute Gasteiger partial charge is 0.227 e. The molecule has 1 aliphatic carbocycles. The Morgan fingerprint density at radius 3 is 2.95 bits per heavy atom. The molecule has 1 saturated carbocycles. The molecular formula is C16H15N5O. The third kappa shape index (κ3) is 2.28. The highest BCUT2D eigenvalue weighted by molar-refractivity contribution is 5.94. The predicted molar refractivity (Wildman–Crippen MR) is 84.2 cm³/mol. The summed E-state index contributed by atoms with van der Waals surface area (Å²) in [7, 11) is 0. The molecule has 0 atom stereocenters. The molecule has 6 heteroatoms. The molecule has 22 heavy (non-hydrogen) atoms. The summed E-state index contributed by atoms with van der Waals surface area (Å²) in [5.41, 5.74) is 9.04. The molecule has 0 aliphatic heterocycles. The summed E-state index contributed by atoms with van der Waals surface area (Å²) >= 11 is 0.